The van der Waals surface area contributed by atoms with Gasteiger partial charge in [-0.15, -0.1) is 11.3 Å². The molecule has 0 fully saturated rings. The first-order chi connectivity index (χ1) is 13.1. The van der Waals surface area contributed by atoms with Gasteiger partial charge in [-0.05, 0) is 25.5 Å². The summed E-state index contributed by atoms with van der Waals surface area (Å²) in [6, 6.07) is 17.5. The van der Waals surface area contributed by atoms with Gasteiger partial charge in [0, 0.05) is 16.5 Å². The Morgan fingerprint density at radius 2 is 1.78 bits per heavy atom. The van der Waals surface area contributed by atoms with E-state index in [-0.39, 0.29) is 5.91 Å². The minimum atomic E-state index is -0.158. The zero-order valence-electron chi connectivity index (χ0n) is 15.0. The molecular formula is C21H18N4OS. The number of carbonyl (C=O) groups is 1. The molecule has 1 amide bonds. The van der Waals surface area contributed by atoms with E-state index in [2.05, 4.69) is 10.3 Å². The summed E-state index contributed by atoms with van der Waals surface area (Å²) in [5, 5.41) is 5.74. The number of imidazole rings is 1. The highest BCUT2D eigenvalue weighted by Crippen LogP contribution is 2.27. The monoisotopic (exact) mass is 374 g/mol. The maximum absolute atomic E-state index is 12.7. The second-order valence-electron chi connectivity index (χ2n) is 6.18. The number of nitrogens with one attached hydrogen (secondary N) is 1. The summed E-state index contributed by atoms with van der Waals surface area (Å²) in [6.45, 7) is 3.82. The van der Waals surface area contributed by atoms with Crippen molar-refractivity contribution in [2.75, 3.05) is 5.32 Å². The maximum Gasteiger partial charge on any atom is 0.257 e. The molecule has 2 aromatic heterocycles. The maximum atomic E-state index is 12.7. The Bertz CT molecular complexity index is 1100. The van der Waals surface area contributed by atoms with Gasteiger partial charge >= 0.3 is 0 Å². The minimum absolute atomic E-state index is 0.158. The fourth-order valence-corrected chi connectivity index (χ4v) is 3.79. The van der Waals surface area contributed by atoms with Gasteiger partial charge < -0.3 is 5.32 Å². The van der Waals surface area contributed by atoms with Crippen LogP contribution in [0.15, 0.2) is 66.2 Å². The van der Waals surface area contributed by atoms with Crippen LogP contribution in [0.2, 0.25) is 0 Å². The molecular weight excluding hydrogens is 356 g/mol. The number of anilines is 1. The van der Waals surface area contributed by atoms with Gasteiger partial charge in [0.15, 0.2) is 5.13 Å². The summed E-state index contributed by atoms with van der Waals surface area (Å²) in [5.41, 5.74) is 3.54. The predicted molar refractivity (Wildman–Crippen MR) is 109 cm³/mol. The topological polar surface area (TPSA) is 59.8 Å². The van der Waals surface area contributed by atoms with Crippen molar-refractivity contribution < 1.29 is 4.79 Å². The van der Waals surface area contributed by atoms with E-state index in [0.717, 1.165) is 27.8 Å². The van der Waals surface area contributed by atoms with Crippen LogP contribution >= 0.6 is 11.3 Å². The van der Waals surface area contributed by atoms with Crippen LogP contribution in [0.3, 0.4) is 0 Å². The summed E-state index contributed by atoms with van der Waals surface area (Å²) in [4.78, 5) is 21.8. The molecule has 27 heavy (non-hydrogen) atoms. The van der Waals surface area contributed by atoms with Crippen molar-refractivity contribution in [2.24, 2.45) is 0 Å². The predicted octanol–water partition coefficient (Wildman–Crippen LogP) is 4.86. The lowest BCUT2D eigenvalue weighted by molar-refractivity contribution is 0.102. The third-order valence-electron chi connectivity index (χ3n) is 4.32. The zero-order valence-corrected chi connectivity index (χ0v) is 15.8. The molecule has 0 radical (unpaired) electrons. The van der Waals surface area contributed by atoms with Crippen LogP contribution in [0.25, 0.3) is 16.4 Å². The Labute approximate surface area is 161 Å². The molecule has 2 heterocycles. The quantitative estimate of drug-likeness (QED) is 0.555. The molecule has 0 saturated carbocycles. The Morgan fingerprint density at radius 1 is 1.04 bits per heavy atom. The SMILES string of the molecule is Cc1ccccc1C(=O)Nc1cnc(C)n1-c1nc(-c2ccccc2)cs1. The minimum Gasteiger partial charge on any atom is -0.306 e. The number of carbonyl (C=O) groups excluding carboxylic acids is 1. The van der Waals surface area contributed by atoms with E-state index in [1.807, 2.05) is 78.4 Å². The molecule has 0 unspecified atom stereocenters. The number of aryl methyl sites for hydroxylation is 2. The van der Waals surface area contributed by atoms with Gasteiger partial charge in [-0.1, -0.05) is 48.5 Å². The highest BCUT2D eigenvalue weighted by Gasteiger charge is 2.16. The molecule has 0 saturated heterocycles. The molecule has 0 aliphatic carbocycles. The third kappa shape index (κ3) is 3.39. The van der Waals surface area contributed by atoms with Crippen molar-refractivity contribution in [1.82, 2.24) is 14.5 Å². The number of nitrogens with zero attached hydrogens (tertiary/aromatic N) is 3. The van der Waals surface area contributed by atoms with Crippen LogP contribution in [0.4, 0.5) is 5.82 Å². The van der Waals surface area contributed by atoms with Gasteiger partial charge in [-0.3, -0.25) is 9.36 Å². The van der Waals surface area contributed by atoms with E-state index < -0.39 is 0 Å². The Balaban J connectivity index is 1.66. The molecule has 2 aromatic carbocycles. The van der Waals surface area contributed by atoms with Crippen LogP contribution in [0.1, 0.15) is 21.7 Å². The molecule has 0 bridgehead atoms. The molecule has 5 nitrogen and oxygen atoms in total. The van der Waals surface area contributed by atoms with Crippen molar-refractivity contribution in [2.45, 2.75) is 13.8 Å². The Morgan fingerprint density at radius 3 is 2.56 bits per heavy atom. The highest BCUT2D eigenvalue weighted by atomic mass is 32.1. The molecule has 0 aliphatic rings. The van der Waals surface area contributed by atoms with Gasteiger partial charge in [0.25, 0.3) is 5.91 Å². The van der Waals surface area contributed by atoms with E-state index >= 15 is 0 Å². The third-order valence-corrected chi connectivity index (χ3v) is 5.15. The molecule has 0 aliphatic heterocycles. The van der Waals surface area contributed by atoms with Crippen molar-refractivity contribution in [3.63, 3.8) is 0 Å². The van der Waals surface area contributed by atoms with E-state index in [0.29, 0.717) is 11.4 Å². The number of hydrogen-bond acceptors (Lipinski definition) is 4. The number of rotatable bonds is 4. The van der Waals surface area contributed by atoms with Gasteiger partial charge in [-0.2, -0.15) is 0 Å². The van der Waals surface area contributed by atoms with E-state index in [1.54, 1.807) is 6.20 Å². The van der Waals surface area contributed by atoms with Crippen molar-refractivity contribution in [3.8, 4) is 16.4 Å². The summed E-state index contributed by atoms with van der Waals surface area (Å²) in [7, 11) is 0. The smallest absolute Gasteiger partial charge is 0.257 e. The number of hydrogen-bond donors (Lipinski definition) is 1. The van der Waals surface area contributed by atoms with E-state index in [1.165, 1.54) is 11.3 Å². The zero-order chi connectivity index (χ0) is 18.8. The fraction of sp³-hybridized carbons (Fsp3) is 0.0952. The van der Waals surface area contributed by atoms with Crippen LogP contribution in [-0.2, 0) is 0 Å². The normalized spacial score (nSPS) is 10.7. The van der Waals surface area contributed by atoms with E-state index in [4.69, 9.17) is 4.98 Å². The first kappa shape index (κ1) is 17.2. The molecule has 1 N–H and O–H groups in total. The highest BCUT2D eigenvalue weighted by molar-refractivity contribution is 7.12. The molecule has 4 aromatic rings. The van der Waals surface area contributed by atoms with Crippen LogP contribution < -0.4 is 5.32 Å². The number of benzene rings is 2. The van der Waals surface area contributed by atoms with Crippen LogP contribution in [0.5, 0.6) is 0 Å². The first-order valence-electron chi connectivity index (χ1n) is 8.56. The molecule has 6 heteroatoms. The number of thiazole rings is 1. The summed E-state index contributed by atoms with van der Waals surface area (Å²) < 4.78 is 1.87. The Kier molecular flexibility index (Phi) is 4.56. The molecule has 0 atom stereocenters. The largest absolute Gasteiger partial charge is 0.306 e. The summed E-state index contributed by atoms with van der Waals surface area (Å²) >= 11 is 1.52. The lowest BCUT2D eigenvalue weighted by Gasteiger charge is -2.10. The van der Waals surface area contributed by atoms with Gasteiger partial charge in [0.1, 0.15) is 11.6 Å². The number of aromatic nitrogens is 3. The summed E-state index contributed by atoms with van der Waals surface area (Å²) in [5.74, 6) is 1.22. The van der Waals surface area contributed by atoms with E-state index in [9.17, 15) is 4.79 Å². The van der Waals surface area contributed by atoms with Gasteiger partial charge in [0.2, 0.25) is 0 Å². The fourth-order valence-electron chi connectivity index (χ4n) is 2.89. The average molecular weight is 374 g/mol. The number of amides is 1. The standard InChI is InChI=1S/C21H18N4OS/c1-14-8-6-7-11-17(14)20(26)24-19-12-22-15(2)25(19)21-23-18(13-27-21)16-9-4-3-5-10-16/h3-13H,1-2H3,(H,24,26). The second kappa shape index (κ2) is 7.17. The second-order valence-corrected chi connectivity index (χ2v) is 7.01. The van der Waals surface area contributed by atoms with Crippen LogP contribution in [0, 0.1) is 13.8 Å². The molecule has 4 rings (SSSR count). The summed E-state index contributed by atoms with van der Waals surface area (Å²) in [6.07, 6.45) is 1.66. The van der Waals surface area contributed by atoms with Crippen molar-refractivity contribution in [1.29, 1.82) is 0 Å². The van der Waals surface area contributed by atoms with Gasteiger partial charge in [-0.25, -0.2) is 9.97 Å². The van der Waals surface area contributed by atoms with Crippen molar-refractivity contribution in [3.05, 3.63) is 83.1 Å². The molecule has 0 spiro atoms. The van der Waals surface area contributed by atoms with Crippen molar-refractivity contribution >= 4 is 23.1 Å². The van der Waals surface area contributed by atoms with Crippen LogP contribution in [-0.4, -0.2) is 20.4 Å². The lowest BCUT2D eigenvalue weighted by Crippen LogP contribution is -2.16. The Hall–Kier alpha value is -3.25. The first-order valence-corrected chi connectivity index (χ1v) is 9.44. The molecule has 134 valence electrons. The van der Waals surface area contributed by atoms with Gasteiger partial charge in [0.05, 0.1) is 11.9 Å². The average Bonchev–Trinajstić information content (AvgIpc) is 3.29. The lowest BCUT2D eigenvalue weighted by atomic mass is 10.1.